The Morgan fingerprint density at radius 3 is 2.59 bits per heavy atom. The normalized spacial score (nSPS) is 22.8. The molecule has 0 saturated carbocycles. The van der Waals surface area contributed by atoms with Crippen LogP contribution >= 0.6 is 0 Å². The summed E-state index contributed by atoms with van der Waals surface area (Å²) in [6.45, 7) is 3.90. The Hall–Kier alpha value is -1.92. The minimum Gasteiger partial charge on any atom is -0.389 e. The molecule has 120 valence electrons. The van der Waals surface area contributed by atoms with E-state index in [0.717, 1.165) is 10.5 Å². The average Bonchev–Trinajstić information content (AvgIpc) is 2.72. The molecule has 2 unspecified atom stereocenters. The highest BCUT2D eigenvalue weighted by Crippen LogP contribution is 2.20. The van der Waals surface area contributed by atoms with Crippen LogP contribution in [0, 0.1) is 0 Å². The van der Waals surface area contributed by atoms with Gasteiger partial charge in [0, 0.05) is 0 Å². The molecule has 22 heavy (non-hydrogen) atoms. The lowest BCUT2D eigenvalue weighted by Crippen LogP contribution is -2.44. The van der Waals surface area contributed by atoms with E-state index in [4.69, 9.17) is 4.74 Å². The number of β-amino-alcohol motifs (C(OH)–C–C–N with tert-alkyl or cyclic N) is 1. The van der Waals surface area contributed by atoms with Gasteiger partial charge in [-0.25, -0.2) is 4.79 Å². The molecule has 6 heteroatoms. The van der Waals surface area contributed by atoms with Crippen molar-refractivity contribution in [2.45, 2.75) is 38.5 Å². The number of urea groups is 1. The van der Waals surface area contributed by atoms with Crippen molar-refractivity contribution in [2.24, 2.45) is 0 Å². The molecule has 3 amide bonds. The molecule has 1 aliphatic heterocycles. The van der Waals surface area contributed by atoms with Crippen molar-refractivity contribution in [2.75, 3.05) is 13.2 Å². The predicted molar refractivity (Wildman–Crippen MR) is 81.0 cm³/mol. The van der Waals surface area contributed by atoms with Crippen molar-refractivity contribution < 1.29 is 19.4 Å². The molecule has 1 aliphatic rings. The van der Waals surface area contributed by atoms with E-state index < -0.39 is 17.7 Å². The van der Waals surface area contributed by atoms with Gasteiger partial charge in [0.25, 0.3) is 5.91 Å². The van der Waals surface area contributed by atoms with Crippen LogP contribution < -0.4 is 5.32 Å². The Morgan fingerprint density at radius 1 is 1.32 bits per heavy atom. The molecule has 1 aromatic carbocycles. The third kappa shape index (κ3) is 3.64. The molecular weight excluding hydrogens is 284 g/mol. The maximum Gasteiger partial charge on any atom is 0.325 e. The Balaban J connectivity index is 1.81. The van der Waals surface area contributed by atoms with Gasteiger partial charge in [0.2, 0.25) is 0 Å². The minimum absolute atomic E-state index is 0.0605. The van der Waals surface area contributed by atoms with Gasteiger partial charge in [0.1, 0.15) is 5.54 Å². The highest BCUT2D eigenvalue weighted by atomic mass is 16.5. The third-order valence-electron chi connectivity index (χ3n) is 3.87. The molecule has 2 rings (SSSR count). The molecule has 0 aliphatic carbocycles. The van der Waals surface area contributed by atoms with Crippen LogP contribution in [0.3, 0.4) is 0 Å². The summed E-state index contributed by atoms with van der Waals surface area (Å²) in [4.78, 5) is 25.1. The van der Waals surface area contributed by atoms with E-state index >= 15 is 0 Å². The first-order valence-corrected chi connectivity index (χ1v) is 7.40. The first-order valence-electron chi connectivity index (χ1n) is 7.40. The van der Waals surface area contributed by atoms with Gasteiger partial charge in [-0.2, -0.15) is 0 Å². The maximum atomic E-state index is 12.2. The van der Waals surface area contributed by atoms with Gasteiger partial charge >= 0.3 is 6.03 Å². The zero-order valence-electron chi connectivity index (χ0n) is 12.9. The van der Waals surface area contributed by atoms with Crippen molar-refractivity contribution in [1.82, 2.24) is 10.2 Å². The summed E-state index contributed by atoms with van der Waals surface area (Å²) in [5, 5.41) is 12.6. The van der Waals surface area contributed by atoms with Gasteiger partial charge in [-0.3, -0.25) is 9.69 Å². The van der Waals surface area contributed by atoms with Crippen molar-refractivity contribution in [3.63, 3.8) is 0 Å². The van der Waals surface area contributed by atoms with Crippen molar-refractivity contribution in [1.29, 1.82) is 0 Å². The first kappa shape index (κ1) is 16.5. The van der Waals surface area contributed by atoms with Crippen LogP contribution in [0.25, 0.3) is 0 Å². The topological polar surface area (TPSA) is 78.9 Å². The fourth-order valence-corrected chi connectivity index (χ4v) is 2.30. The average molecular weight is 306 g/mol. The van der Waals surface area contributed by atoms with Crippen LogP contribution in [0.4, 0.5) is 4.79 Å². The molecule has 2 N–H and O–H groups in total. The van der Waals surface area contributed by atoms with E-state index in [1.54, 1.807) is 6.92 Å². The molecule has 0 spiro atoms. The van der Waals surface area contributed by atoms with Crippen LogP contribution in [0.2, 0.25) is 0 Å². The van der Waals surface area contributed by atoms with Crippen molar-refractivity contribution in [3.05, 3.63) is 35.9 Å². The molecule has 1 heterocycles. The standard InChI is InChI=1S/C16H22N2O4/c1-3-16(2)14(20)18(15(21)17-16)9-13(19)11-22-10-12-7-5-4-6-8-12/h4-8,13,19H,3,9-11H2,1-2H3,(H,17,21). The second kappa shape index (κ2) is 6.89. The number of rotatable bonds is 7. The quantitative estimate of drug-likeness (QED) is 0.744. The number of aliphatic hydroxyl groups is 1. The Morgan fingerprint density at radius 2 is 2.00 bits per heavy atom. The Bertz CT molecular complexity index is 534. The number of benzene rings is 1. The second-order valence-corrected chi connectivity index (χ2v) is 5.69. The van der Waals surface area contributed by atoms with Crippen LogP contribution in [0.5, 0.6) is 0 Å². The molecule has 0 bridgehead atoms. The van der Waals surface area contributed by atoms with E-state index in [9.17, 15) is 14.7 Å². The van der Waals surface area contributed by atoms with Crippen LogP contribution in [-0.4, -0.2) is 46.7 Å². The van der Waals surface area contributed by atoms with Crippen LogP contribution in [0.15, 0.2) is 30.3 Å². The third-order valence-corrected chi connectivity index (χ3v) is 3.87. The van der Waals surface area contributed by atoms with Gasteiger partial charge in [0.05, 0.1) is 25.9 Å². The Kier molecular flexibility index (Phi) is 5.15. The van der Waals surface area contributed by atoms with E-state index in [1.807, 2.05) is 37.3 Å². The fraction of sp³-hybridized carbons (Fsp3) is 0.500. The molecule has 0 radical (unpaired) electrons. The summed E-state index contributed by atoms with van der Waals surface area (Å²) in [6.07, 6.45) is -0.396. The highest BCUT2D eigenvalue weighted by Gasteiger charge is 2.46. The summed E-state index contributed by atoms with van der Waals surface area (Å²) in [5.41, 5.74) is 0.130. The summed E-state index contributed by atoms with van der Waals surface area (Å²) in [7, 11) is 0. The van der Waals surface area contributed by atoms with Gasteiger partial charge in [-0.15, -0.1) is 0 Å². The smallest absolute Gasteiger partial charge is 0.325 e. The zero-order chi connectivity index (χ0) is 16.2. The maximum absolute atomic E-state index is 12.2. The highest BCUT2D eigenvalue weighted by molar-refractivity contribution is 6.06. The van der Waals surface area contributed by atoms with Crippen molar-refractivity contribution >= 4 is 11.9 Å². The molecule has 1 fully saturated rings. The minimum atomic E-state index is -0.905. The SMILES string of the molecule is CCC1(C)NC(=O)N(CC(O)COCc2ccccc2)C1=O. The number of nitrogens with zero attached hydrogens (tertiary/aromatic N) is 1. The lowest BCUT2D eigenvalue weighted by Gasteiger charge is -2.21. The molecule has 2 atom stereocenters. The number of carbonyl (C=O) groups excluding carboxylic acids is 2. The van der Waals surface area contributed by atoms with Gasteiger partial charge < -0.3 is 15.2 Å². The lowest BCUT2D eigenvalue weighted by molar-refractivity contribution is -0.132. The Labute approximate surface area is 130 Å². The molecule has 1 saturated heterocycles. The van der Waals surface area contributed by atoms with Gasteiger partial charge in [-0.1, -0.05) is 37.3 Å². The zero-order valence-corrected chi connectivity index (χ0v) is 12.9. The largest absolute Gasteiger partial charge is 0.389 e. The number of hydrogen-bond acceptors (Lipinski definition) is 4. The summed E-state index contributed by atoms with van der Waals surface area (Å²) >= 11 is 0. The second-order valence-electron chi connectivity index (χ2n) is 5.69. The first-order chi connectivity index (χ1) is 10.5. The number of hydrogen-bond donors (Lipinski definition) is 2. The number of amides is 3. The number of imide groups is 1. The van der Waals surface area contributed by atoms with E-state index in [-0.39, 0.29) is 19.1 Å². The van der Waals surface area contributed by atoms with Gasteiger partial charge in [-0.05, 0) is 18.9 Å². The van der Waals surface area contributed by atoms with Crippen molar-refractivity contribution in [3.8, 4) is 0 Å². The van der Waals surface area contributed by atoms with Gasteiger partial charge in [0.15, 0.2) is 0 Å². The molecule has 6 nitrogen and oxygen atoms in total. The van der Waals surface area contributed by atoms with E-state index in [1.165, 1.54) is 0 Å². The van der Waals surface area contributed by atoms with Crippen LogP contribution in [0.1, 0.15) is 25.8 Å². The molecule has 1 aromatic rings. The van der Waals surface area contributed by atoms with E-state index in [2.05, 4.69) is 5.32 Å². The number of carbonyl (C=O) groups is 2. The monoisotopic (exact) mass is 306 g/mol. The number of nitrogens with one attached hydrogen (secondary N) is 1. The van der Waals surface area contributed by atoms with Crippen LogP contribution in [-0.2, 0) is 16.1 Å². The number of aliphatic hydroxyl groups excluding tert-OH is 1. The molecule has 0 aromatic heterocycles. The lowest BCUT2D eigenvalue weighted by atomic mass is 9.99. The summed E-state index contributed by atoms with van der Waals surface area (Å²) < 4.78 is 5.42. The van der Waals surface area contributed by atoms with E-state index in [0.29, 0.717) is 13.0 Å². The fourth-order valence-electron chi connectivity index (χ4n) is 2.30. The molecular formula is C16H22N2O4. The predicted octanol–water partition coefficient (Wildman–Crippen LogP) is 1.28. The summed E-state index contributed by atoms with van der Waals surface area (Å²) in [6, 6.07) is 9.13. The number of ether oxygens (including phenoxy) is 1. The summed E-state index contributed by atoms with van der Waals surface area (Å²) in [5.74, 6) is -0.304.